The van der Waals surface area contributed by atoms with E-state index in [0.717, 1.165) is 13.8 Å². The average Bonchev–Trinajstić information content (AvgIpc) is 1.73. The Morgan fingerprint density at radius 3 is 1.33 bits per heavy atom. The minimum Gasteiger partial charge on any atom is -0.322 e. The molecule has 0 bridgehead atoms. The summed E-state index contributed by atoms with van der Waals surface area (Å²) in [5.41, 5.74) is 0. The van der Waals surface area contributed by atoms with Gasteiger partial charge in [0.1, 0.15) is 0 Å². The van der Waals surface area contributed by atoms with Crippen LogP contribution < -0.4 is 0 Å². The van der Waals surface area contributed by atoms with Crippen LogP contribution in [0.25, 0.3) is 0 Å². The first-order chi connectivity index (χ1) is 6.49. The van der Waals surface area contributed by atoms with Gasteiger partial charge in [-0.1, -0.05) is 0 Å². The third kappa shape index (κ3) is 9.99. The van der Waals surface area contributed by atoms with Gasteiger partial charge in [-0.2, -0.15) is 16.8 Å². The van der Waals surface area contributed by atoms with Crippen molar-refractivity contribution in [1.82, 2.24) is 0 Å². The highest BCUT2D eigenvalue weighted by Crippen LogP contribution is 2.05. The smallest absolute Gasteiger partial charge is 0.322 e. The lowest BCUT2D eigenvalue weighted by molar-refractivity contribution is -0.168. The fourth-order valence-electron chi connectivity index (χ4n) is 0.658. The van der Waals surface area contributed by atoms with Crippen molar-refractivity contribution in [1.29, 1.82) is 0 Å². The van der Waals surface area contributed by atoms with Crippen LogP contribution in [-0.4, -0.2) is 38.5 Å². The van der Waals surface area contributed by atoms with E-state index in [9.17, 15) is 16.8 Å². The normalized spacial score (nSPS) is 17.3. The van der Waals surface area contributed by atoms with E-state index >= 15 is 0 Å². The quantitative estimate of drug-likeness (QED) is 0.473. The van der Waals surface area contributed by atoms with Gasteiger partial charge in [-0.15, -0.1) is 0 Å². The van der Waals surface area contributed by atoms with E-state index in [1.54, 1.807) is 0 Å². The van der Waals surface area contributed by atoms with Gasteiger partial charge < -0.3 is 4.74 Å². The molecule has 15 heavy (non-hydrogen) atoms. The minimum atomic E-state index is -4.71. The van der Waals surface area contributed by atoms with E-state index in [1.807, 2.05) is 0 Å². The lowest BCUT2D eigenvalue weighted by Crippen LogP contribution is -2.26. The number of hydrogen-bond donors (Lipinski definition) is 2. The molecule has 0 heterocycles. The van der Waals surface area contributed by atoms with Gasteiger partial charge in [0.2, 0.25) is 0 Å². The van der Waals surface area contributed by atoms with E-state index in [0.29, 0.717) is 0 Å². The number of hydrogen-bond acceptors (Lipinski definition) is 7. The topological polar surface area (TPSA) is 136 Å². The summed E-state index contributed by atoms with van der Waals surface area (Å²) in [4.78, 5) is 0. The Labute approximate surface area is 86.8 Å². The van der Waals surface area contributed by atoms with Crippen LogP contribution in [0.4, 0.5) is 0 Å². The molecule has 9 nitrogen and oxygen atoms in total. The summed E-state index contributed by atoms with van der Waals surface area (Å²) < 4.78 is 69.2. The molecule has 0 amide bonds. The summed E-state index contributed by atoms with van der Waals surface area (Å²) in [6.45, 7) is 2.13. The zero-order valence-electron chi connectivity index (χ0n) is 7.72. The maximum atomic E-state index is 10.2. The van der Waals surface area contributed by atoms with Crippen LogP contribution in [0.3, 0.4) is 0 Å². The zero-order valence-corrected chi connectivity index (χ0v) is 9.36. The molecule has 0 rings (SSSR count). The second-order valence-corrected chi connectivity index (χ2v) is 4.42. The van der Waals surface area contributed by atoms with Crippen molar-refractivity contribution < 1.29 is 39.0 Å². The van der Waals surface area contributed by atoms with E-state index in [4.69, 9.17) is 9.11 Å². The monoisotopic (exact) mass is 266 g/mol. The lowest BCUT2D eigenvalue weighted by Gasteiger charge is -2.16. The van der Waals surface area contributed by atoms with E-state index in [1.165, 1.54) is 0 Å². The highest BCUT2D eigenvalue weighted by molar-refractivity contribution is 7.81. The molecule has 0 aromatic heterocycles. The SMILES string of the molecule is CC(OC(C)OS(=O)(=O)O)OS(=O)(=O)O. The summed E-state index contributed by atoms with van der Waals surface area (Å²) in [6.07, 6.45) is -2.95. The molecular weight excluding hydrogens is 256 g/mol. The molecule has 0 fully saturated rings. The highest BCUT2D eigenvalue weighted by atomic mass is 32.3. The number of ether oxygens (including phenoxy) is 1. The van der Waals surface area contributed by atoms with Crippen molar-refractivity contribution in [2.45, 2.75) is 26.4 Å². The molecule has 0 aliphatic rings. The molecule has 2 unspecified atom stereocenters. The summed E-state index contributed by atoms with van der Waals surface area (Å²) in [6, 6.07) is 0. The first-order valence-electron chi connectivity index (χ1n) is 3.46. The molecule has 2 N–H and O–H groups in total. The molecule has 0 aromatic carbocycles. The Morgan fingerprint density at radius 1 is 0.867 bits per heavy atom. The Bertz CT molecular complexity index is 342. The third-order valence-electron chi connectivity index (χ3n) is 0.897. The molecule has 0 radical (unpaired) electrons. The predicted molar refractivity (Wildman–Crippen MR) is 45.3 cm³/mol. The fraction of sp³-hybridized carbons (Fsp3) is 1.00. The Kier molecular flexibility index (Phi) is 5.05. The van der Waals surface area contributed by atoms with Gasteiger partial charge in [-0.3, -0.25) is 9.11 Å². The molecule has 2 atom stereocenters. The van der Waals surface area contributed by atoms with Crippen LogP contribution in [-0.2, 0) is 33.9 Å². The van der Waals surface area contributed by atoms with E-state index in [-0.39, 0.29) is 0 Å². The van der Waals surface area contributed by atoms with Gasteiger partial charge in [-0.05, 0) is 13.8 Å². The Hall–Kier alpha value is -0.300. The van der Waals surface area contributed by atoms with Crippen molar-refractivity contribution in [3.8, 4) is 0 Å². The Balaban J connectivity index is 4.14. The van der Waals surface area contributed by atoms with Gasteiger partial charge in [0.15, 0.2) is 12.6 Å². The molecule has 0 saturated carbocycles. The standard InChI is InChI=1S/C4H10O9S2/c1-3(12-14(5,6)7)11-4(2)13-15(8,9)10/h3-4H,1-2H3,(H,5,6,7)(H,8,9,10). The molecule has 0 aliphatic carbocycles. The molecule has 11 heteroatoms. The number of rotatable bonds is 6. The minimum absolute atomic E-state index is 1.07. The van der Waals surface area contributed by atoms with Crippen molar-refractivity contribution in [3.63, 3.8) is 0 Å². The van der Waals surface area contributed by atoms with Gasteiger partial charge in [-0.25, -0.2) is 8.37 Å². The lowest BCUT2D eigenvalue weighted by atomic mass is 10.7. The molecular formula is C4H10O9S2. The van der Waals surface area contributed by atoms with E-state index < -0.39 is 33.4 Å². The highest BCUT2D eigenvalue weighted by Gasteiger charge is 2.19. The van der Waals surface area contributed by atoms with Crippen LogP contribution in [0.2, 0.25) is 0 Å². The molecule has 0 saturated heterocycles. The predicted octanol–water partition coefficient (Wildman–Crippen LogP) is -0.666. The maximum absolute atomic E-state index is 10.2. The molecule has 0 aliphatic heterocycles. The van der Waals surface area contributed by atoms with Crippen molar-refractivity contribution in [2.24, 2.45) is 0 Å². The summed E-state index contributed by atoms with van der Waals surface area (Å²) in [7, 11) is -9.41. The summed E-state index contributed by atoms with van der Waals surface area (Å²) in [5, 5.41) is 0. The van der Waals surface area contributed by atoms with Gasteiger partial charge in [0.05, 0.1) is 0 Å². The Morgan fingerprint density at radius 2 is 1.13 bits per heavy atom. The van der Waals surface area contributed by atoms with Crippen molar-refractivity contribution in [3.05, 3.63) is 0 Å². The van der Waals surface area contributed by atoms with Crippen LogP contribution >= 0.6 is 0 Å². The average molecular weight is 266 g/mol. The van der Waals surface area contributed by atoms with Gasteiger partial charge in [0.25, 0.3) is 0 Å². The largest absolute Gasteiger partial charge is 0.399 e. The summed E-state index contributed by atoms with van der Waals surface area (Å²) in [5.74, 6) is 0. The van der Waals surface area contributed by atoms with Crippen LogP contribution in [0.1, 0.15) is 13.8 Å². The van der Waals surface area contributed by atoms with Crippen LogP contribution in [0.15, 0.2) is 0 Å². The fourth-order valence-corrected chi connectivity index (χ4v) is 1.43. The first-order valence-corrected chi connectivity index (χ1v) is 6.19. The third-order valence-corrected chi connectivity index (χ3v) is 1.93. The molecule has 92 valence electrons. The van der Waals surface area contributed by atoms with E-state index in [2.05, 4.69) is 13.1 Å². The van der Waals surface area contributed by atoms with Crippen LogP contribution in [0.5, 0.6) is 0 Å². The van der Waals surface area contributed by atoms with Crippen molar-refractivity contribution >= 4 is 20.8 Å². The van der Waals surface area contributed by atoms with Gasteiger partial charge in [0, 0.05) is 0 Å². The second kappa shape index (κ2) is 5.16. The summed E-state index contributed by atoms with van der Waals surface area (Å²) >= 11 is 0. The zero-order chi connectivity index (χ0) is 12.3. The first kappa shape index (κ1) is 14.7. The van der Waals surface area contributed by atoms with Crippen LogP contribution in [0, 0.1) is 0 Å². The second-order valence-electron chi connectivity index (χ2n) is 2.32. The molecule has 0 spiro atoms. The maximum Gasteiger partial charge on any atom is 0.399 e. The molecule has 0 aromatic rings. The van der Waals surface area contributed by atoms with Crippen molar-refractivity contribution in [2.75, 3.05) is 0 Å². The van der Waals surface area contributed by atoms with Gasteiger partial charge >= 0.3 is 20.8 Å².